The van der Waals surface area contributed by atoms with Gasteiger partial charge < -0.3 is 9.47 Å². The molecule has 0 unspecified atom stereocenters. The number of hydrogen-bond donors (Lipinski definition) is 0. The summed E-state index contributed by atoms with van der Waals surface area (Å²) in [7, 11) is 0. The smallest absolute Gasteiger partial charge is 0.225 e. The number of aromatic nitrogens is 5. The number of halogens is 1. The van der Waals surface area contributed by atoms with Gasteiger partial charge in [-0.2, -0.15) is 4.98 Å². The Hall–Kier alpha value is -1.73. The lowest BCUT2D eigenvalue weighted by atomic mass is 10.3. The molecule has 1 aliphatic rings. The molecule has 0 amide bonds. The lowest BCUT2D eigenvalue weighted by molar-refractivity contribution is 0.557. The van der Waals surface area contributed by atoms with Crippen LogP contribution >= 0.6 is 22.9 Å². The number of nitrogens with zero attached hydrogens (tertiary/aromatic N) is 6. The number of hydrogen-bond acceptors (Lipinski definition) is 6. The molecule has 1 aliphatic heterocycles. The summed E-state index contributed by atoms with van der Waals surface area (Å²) in [6.07, 6.45) is 1.77. The van der Waals surface area contributed by atoms with Gasteiger partial charge in [-0.1, -0.05) is 0 Å². The predicted octanol–water partition coefficient (Wildman–Crippen LogP) is 2.26. The summed E-state index contributed by atoms with van der Waals surface area (Å²) < 4.78 is 2.06. The van der Waals surface area contributed by atoms with E-state index in [1.807, 2.05) is 0 Å². The predicted molar refractivity (Wildman–Crippen MR) is 78.2 cm³/mol. The molecule has 0 atom stereocenters. The highest BCUT2D eigenvalue weighted by Gasteiger charge is 2.22. The Morgan fingerprint density at radius 2 is 2.20 bits per heavy atom. The van der Waals surface area contributed by atoms with Gasteiger partial charge in [0, 0.05) is 18.0 Å². The lowest BCUT2D eigenvalue weighted by Crippen LogP contribution is -2.34. The second-order valence-electron chi connectivity index (χ2n) is 4.75. The van der Waals surface area contributed by atoms with E-state index < -0.39 is 0 Å². The first-order valence-corrected chi connectivity index (χ1v) is 7.45. The summed E-state index contributed by atoms with van der Waals surface area (Å²) in [4.78, 5) is 13.1. The van der Waals surface area contributed by atoms with Gasteiger partial charge in [-0.15, -0.1) is 21.5 Å². The van der Waals surface area contributed by atoms with E-state index in [2.05, 4.69) is 42.6 Å². The monoisotopic (exact) mass is 306 g/mol. The zero-order chi connectivity index (χ0) is 13.7. The van der Waals surface area contributed by atoms with Gasteiger partial charge in [0.25, 0.3) is 0 Å². The molecule has 0 spiro atoms. The number of thiophene rings is 1. The van der Waals surface area contributed by atoms with Crippen molar-refractivity contribution in [3.05, 3.63) is 28.4 Å². The molecule has 4 rings (SSSR count). The molecule has 3 aromatic heterocycles. The SMILES string of the molecule is Cc1cc2c(N3CCn4cnnc4C3)nc(Cl)nc2s1. The number of fused-ring (bicyclic) bond motifs is 2. The van der Waals surface area contributed by atoms with Crippen LogP contribution in [0.5, 0.6) is 0 Å². The molecular formula is C12H11ClN6S. The Bertz CT molecular complexity index is 794. The minimum Gasteiger partial charge on any atom is -0.347 e. The van der Waals surface area contributed by atoms with Gasteiger partial charge >= 0.3 is 0 Å². The first kappa shape index (κ1) is 12.0. The van der Waals surface area contributed by atoms with Crippen LogP contribution in [0.25, 0.3) is 10.2 Å². The molecule has 0 N–H and O–H groups in total. The van der Waals surface area contributed by atoms with Crippen LogP contribution in [0.2, 0.25) is 5.28 Å². The fourth-order valence-electron chi connectivity index (χ4n) is 2.49. The average molecular weight is 307 g/mol. The van der Waals surface area contributed by atoms with Gasteiger partial charge in [-0.3, -0.25) is 0 Å². The van der Waals surface area contributed by atoms with E-state index in [1.165, 1.54) is 4.88 Å². The molecule has 102 valence electrons. The third kappa shape index (κ3) is 1.85. The van der Waals surface area contributed by atoms with Crippen LogP contribution in [0.15, 0.2) is 12.4 Å². The summed E-state index contributed by atoms with van der Waals surface area (Å²) in [6, 6.07) is 2.12. The Morgan fingerprint density at radius 1 is 1.30 bits per heavy atom. The molecule has 0 bridgehead atoms. The maximum Gasteiger partial charge on any atom is 0.225 e. The normalized spacial score (nSPS) is 14.8. The third-order valence-electron chi connectivity index (χ3n) is 3.41. The molecule has 0 radical (unpaired) electrons. The lowest BCUT2D eigenvalue weighted by Gasteiger charge is -2.28. The standard InChI is InChI=1S/C12H11ClN6S/c1-7-4-8-10(15-12(13)16-11(8)20-7)18-2-3-19-6-14-17-9(19)5-18/h4,6H,2-3,5H2,1H3. The van der Waals surface area contributed by atoms with E-state index in [0.29, 0.717) is 11.8 Å². The highest BCUT2D eigenvalue weighted by Crippen LogP contribution is 2.32. The van der Waals surface area contributed by atoms with E-state index in [4.69, 9.17) is 11.6 Å². The molecule has 3 aromatic rings. The van der Waals surface area contributed by atoms with Gasteiger partial charge in [0.05, 0.1) is 11.9 Å². The first-order valence-electron chi connectivity index (χ1n) is 6.26. The van der Waals surface area contributed by atoms with E-state index in [1.54, 1.807) is 17.7 Å². The summed E-state index contributed by atoms with van der Waals surface area (Å²) in [5, 5.41) is 9.44. The molecule has 0 fully saturated rings. The molecule has 6 nitrogen and oxygen atoms in total. The van der Waals surface area contributed by atoms with Gasteiger partial charge in [0.1, 0.15) is 17.0 Å². The summed E-state index contributed by atoms with van der Waals surface area (Å²) in [6.45, 7) is 4.48. The number of rotatable bonds is 1. The van der Waals surface area contributed by atoms with Gasteiger partial charge in [0.2, 0.25) is 5.28 Å². The van der Waals surface area contributed by atoms with Crippen molar-refractivity contribution in [2.45, 2.75) is 20.0 Å². The fourth-order valence-corrected chi connectivity index (χ4v) is 3.58. The van der Waals surface area contributed by atoms with Crippen LogP contribution in [0.3, 0.4) is 0 Å². The molecule has 0 saturated heterocycles. The largest absolute Gasteiger partial charge is 0.347 e. The van der Waals surface area contributed by atoms with Crippen molar-refractivity contribution >= 4 is 39.0 Å². The van der Waals surface area contributed by atoms with Gasteiger partial charge in [-0.05, 0) is 24.6 Å². The van der Waals surface area contributed by atoms with Gasteiger partial charge in [-0.25, -0.2) is 4.98 Å². The third-order valence-corrected chi connectivity index (χ3v) is 4.52. The van der Waals surface area contributed by atoms with E-state index in [-0.39, 0.29) is 0 Å². The Morgan fingerprint density at radius 3 is 3.10 bits per heavy atom. The van der Waals surface area contributed by atoms with Gasteiger partial charge in [0.15, 0.2) is 5.82 Å². The van der Waals surface area contributed by atoms with Crippen molar-refractivity contribution in [3.8, 4) is 0 Å². The van der Waals surface area contributed by atoms with Crippen LogP contribution in [-0.4, -0.2) is 31.3 Å². The van der Waals surface area contributed by atoms with Crippen molar-refractivity contribution in [3.63, 3.8) is 0 Å². The highest BCUT2D eigenvalue weighted by molar-refractivity contribution is 7.18. The van der Waals surface area contributed by atoms with Crippen molar-refractivity contribution in [2.24, 2.45) is 0 Å². The number of anilines is 1. The molecule has 4 heterocycles. The zero-order valence-corrected chi connectivity index (χ0v) is 12.3. The zero-order valence-electron chi connectivity index (χ0n) is 10.7. The van der Waals surface area contributed by atoms with E-state index >= 15 is 0 Å². The van der Waals surface area contributed by atoms with Crippen LogP contribution in [-0.2, 0) is 13.1 Å². The Kier molecular flexibility index (Phi) is 2.64. The van der Waals surface area contributed by atoms with Crippen LogP contribution < -0.4 is 4.90 Å². The minimum atomic E-state index is 0.293. The topological polar surface area (TPSA) is 59.7 Å². The Labute approximate surface area is 124 Å². The minimum absolute atomic E-state index is 0.293. The van der Waals surface area contributed by atoms with Crippen molar-refractivity contribution < 1.29 is 0 Å². The maximum atomic E-state index is 6.06. The molecule has 0 aliphatic carbocycles. The molecule has 0 saturated carbocycles. The Balaban J connectivity index is 1.82. The molecule has 0 aromatic carbocycles. The van der Waals surface area contributed by atoms with Crippen LogP contribution in [0.1, 0.15) is 10.7 Å². The molecule has 20 heavy (non-hydrogen) atoms. The highest BCUT2D eigenvalue weighted by atomic mass is 35.5. The quantitative estimate of drug-likeness (QED) is 0.645. The van der Waals surface area contributed by atoms with Crippen molar-refractivity contribution in [1.82, 2.24) is 24.7 Å². The summed E-state index contributed by atoms with van der Waals surface area (Å²) in [5.41, 5.74) is 0. The second-order valence-corrected chi connectivity index (χ2v) is 6.33. The molecule has 8 heteroatoms. The van der Waals surface area contributed by atoms with E-state index in [0.717, 1.165) is 34.9 Å². The number of aryl methyl sites for hydroxylation is 1. The maximum absolute atomic E-state index is 6.06. The fraction of sp³-hybridized carbons (Fsp3) is 0.333. The van der Waals surface area contributed by atoms with E-state index in [9.17, 15) is 0 Å². The van der Waals surface area contributed by atoms with Crippen LogP contribution in [0.4, 0.5) is 5.82 Å². The average Bonchev–Trinajstić information content (AvgIpc) is 3.01. The van der Waals surface area contributed by atoms with Crippen molar-refractivity contribution in [2.75, 3.05) is 11.4 Å². The van der Waals surface area contributed by atoms with Crippen molar-refractivity contribution in [1.29, 1.82) is 0 Å². The summed E-state index contributed by atoms with van der Waals surface area (Å²) in [5.74, 6) is 1.84. The summed E-state index contributed by atoms with van der Waals surface area (Å²) >= 11 is 7.69. The van der Waals surface area contributed by atoms with Crippen LogP contribution in [0, 0.1) is 6.92 Å². The first-order chi connectivity index (χ1) is 9.70. The second kappa shape index (κ2) is 4.39. The molecular weight excluding hydrogens is 296 g/mol.